The molecule has 0 spiro atoms. The van der Waals surface area contributed by atoms with E-state index in [0.717, 1.165) is 42.4 Å². The average molecular weight is 506 g/mol. The van der Waals surface area contributed by atoms with Crippen LogP contribution in [-0.4, -0.2) is 34.2 Å². The van der Waals surface area contributed by atoms with E-state index in [-0.39, 0.29) is 30.3 Å². The van der Waals surface area contributed by atoms with E-state index in [1.54, 1.807) is 18.7 Å². The van der Waals surface area contributed by atoms with Gasteiger partial charge in [0.2, 0.25) is 17.7 Å². The first-order valence-electron chi connectivity index (χ1n) is 13.4. The summed E-state index contributed by atoms with van der Waals surface area (Å²) in [5.41, 5.74) is 0.702. The van der Waals surface area contributed by atoms with E-state index in [2.05, 4.69) is 10.6 Å². The summed E-state index contributed by atoms with van der Waals surface area (Å²) in [6.07, 6.45) is 5.22. The van der Waals surface area contributed by atoms with Gasteiger partial charge in [-0.15, -0.1) is 0 Å². The number of aryl methyl sites for hydroxylation is 1. The van der Waals surface area contributed by atoms with Crippen molar-refractivity contribution in [3.05, 3.63) is 71.3 Å². The normalized spacial score (nSPS) is 15.5. The van der Waals surface area contributed by atoms with E-state index in [1.807, 2.05) is 82.3 Å². The molecule has 6 nitrogen and oxygen atoms in total. The summed E-state index contributed by atoms with van der Waals surface area (Å²) in [5, 5.41) is 6.21. The number of amides is 3. The molecule has 1 aliphatic carbocycles. The molecule has 200 valence electrons. The SMILES string of the molecule is Cc1ccccc1C(C(=O)NC(C)(C)C)N(Cc1ccccc1)C(=O)C(C)(C)C(=O)NC1CCCCC1. The minimum Gasteiger partial charge on any atom is -0.352 e. The van der Waals surface area contributed by atoms with Crippen molar-refractivity contribution in [3.63, 3.8) is 0 Å². The Morgan fingerprint density at radius 1 is 0.892 bits per heavy atom. The second-order valence-electron chi connectivity index (χ2n) is 11.9. The first kappa shape index (κ1) is 28.4. The molecule has 6 heteroatoms. The Bertz CT molecular complexity index is 1080. The third-order valence-electron chi connectivity index (χ3n) is 7.04. The van der Waals surface area contributed by atoms with Gasteiger partial charge in [-0.25, -0.2) is 0 Å². The quantitative estimate of drug-likeness (QED) is 0.468. The summed E-state index contributed by atoms with van der Waals surface area (Å²) >= 11 is 0. The highest BCUT2D eigenvalue weighted by molar-refractivity contribution is 6.05. The molecule has 0 heterocycles. The number of carbonyl (C=O) groups excluding carboxylic acids is 3. The largest absolute Gasteiger partial charge is 0.352 e. The van der Waals surface area contributed by atoms with Gasteiger partial charge in [-0.2, -0.15) is 0 Å². The van der Waals surface area contributed by atoms with Crippen LogP contribution in [0.4, 0.5) is 0 Å². The lowest BCUT2D eigenvalue weighted by Gasteiger charge is -2.38. The lowest BCUT2D eigenvalue weighted by Crippen LogP contribution is -2.55. The maximum absolute atomic E-state index is 14.3. The maximum Gasteiger partial charge on any atom is 0.247 e. The van der Waals surface area contributed by atoms with Crippen LogP contribution in [0.25, 0.3) is 0 Å². The smallest absolute Gasteiger partial charge is 0.247 e. The van der Waals surface area contributed by atoms with Crippen molar-refractivity contribution in [2.45, 2.75) is 97.8 Å². The molecule has 0 bridgehead atoms. The van der Waals surface area contributed by atoms with Gasteiger partial charge in [0.05, 0.1) is 0 Å². The fourth-order valence-electron chi connectivity index (χ4n) is 4.91. The molecule has 37 heavy (non-hydrogen) atoms. The second kappa shape index (κ2) is 11.9. The molecular weight excluding hydrogens is 462 g/mol. The zero-order chi connectivity index (χ0) is 27.2. The third kappa shape index (κ3) is 7.43. The molecule has 2 N–H and O–H groups in total. The highest BCUT2D eigenvalue weighted by atomic mass is 16.2. The van der Waals surface area contributed by atoms with Gasteiger partial charge in [-0.1, -0.05) is 73.9 Å². The Balaban J connectivity index is 2.04. The number of hydrogen-bond acceptors (Lipinski definition) is 3. The number of nitrogens with one attached hydrogen (secondary N) is 2. The molecule has 0 radical (unpaired) electrons. The highest BCUT2D eigenvalue weighted by Gasteiger charge is 2.44. The monoisotopic (exact) mass is 505 g/mol. The van der Waals surface area contributed by atoms with Crippen LogP contribution in [0, 0.1) is 12.3 Å². The van der Waals surface area contributed by atoms with Crippen molar-refractivity contribution in [1.29, 1.82) is 0 Å². The zero-order valence-corrected chi connectivity index (χ0v) is 23.3. The summed E-state index contributed by atoms with van der Waals surface area (Å²) in [6.45, 7) is 11.2. The summed E-state index contributed by atoms with van der Waals surface area (Å²) in [6, 6.07) is 16.5. The van der Waals surface area contributed by atoms with Crippen LogP contribution in [0.5, 0.6) is 0 Å². The van der Waals surface area contributed by atoms with Crippen LogP contribution in [0.15, 0.2) is 54.6 Å². The lowest BCUT2D eigenvalue weighted by molar-refractivity contribution is -0.154. The molecule has 3 rings (SSSR count). The topological polar surface area (TPSA) is 78.5 Å². The molecule has 1 saturated carbocycles. The summed E-state index contributed by atoms with van der Waals surface area (Å²) in [7, 11) is 0. The number of benzene rings is 2. The molecule has 2 aromatic carbocycles. The minimum absolute atomic E-state index is 0.0900. The number of hydrogen-bond donors (Lipinski definition) is 2. The lowest BCUT2D eigenvalue weighted by atomic mass is 9.86. The standard InChI is InChI=1S/C31H43N3O3/c1-22-15-13-14-20-25(22)26(27(35)33-30(2,3)4)34(21-23-16-9-7-10-17-23)29(37)31(5,6)28(36)32-24-18-11-8-12-19-24/h7,9-10,13-17,20,24,26H,8,11-12,18-19,21H2,1-6H3,(H,32,36)(H,33,35). The van der Waals surface area contributed by atoms with E-state index >= 15 is 0 Å². The summed E-state index contributed by atoms with van der Waals surface area (Å²) in [4.78, 5) is 43.3. The van der Waals surface area contributed by atoms with Crippen LogP contribution < -0.4 is 10.6 Å². The number of nitrogens with zero attached hydrogens (tertiary/aromatic N) is 1. The van der Waals surface area contributed by atoms with Crippen LogP contribution in [0.3, 0.4) is 0 Å². The van der Waals surface area contributed by atoms with Crippen LogP contribution in [0.2, 0.25) is 0 Å². The van der Waals surface area contributed by atoms with Gasteiger partial charge in [0, 0.05) is 18.1 Å². The van der Waals surface area contributed by atoms with Crippen molar-refractivity contribution in [2.24, 2.45) is 5.41 Å². The molecule has 1 fully saturated rings. The second-order valence-corrected chi connectivity index (χ2v) is 11.9. The van der Waals surface area contributed by atoms with Gasteiger partial charge in [0.25, 0.3) is 0 Å². The van der Waals surface area contributed by atoms with Crippen LogP contribution in [0.1, 0.15) is 89.5 Å². The number of rotatable bonds is 8. The fourth-order valence-corrected chi connectivity index (χ4v) is 4.91. The predicted octanol–water partition coefficient (Wildman–Crippen LogP) is 5.45. The molecule has 1 atom stereocenters. The summed E-state index contributed by atoms with van der Waals surface area (Å²) < 4.78 is 0. The van der Waals surface area contributed by atoms with Gasteiger partial charge in [0.1, 0.15) is 11.5 Å². The van der Waals surface area contributed by atoms with Crippen LogP contribution >= 0.6 is 0 Å². The molecule has 0 saturated heterocycles. The minimum atomic E-state index is -1.35. The van der Waals surface area contributed by atoms with Gasteiger partial charge >= 0.3 is 0 Å². The Morgan fingerprint density at radius 3 is 2.08 bits per heavy atom. The van der Waals surface area contributed by atoms with Gasteiger partial charge < -0.3 is 15.5 Å². The Hall–Kier alpha value is -3.15. The maximum atomic E-state index is 14.3. The Kier molecular flexibility index (Phi) is 9.16. The highest BCUT2D eigenvalue weighted by Crippen LogP contribution is 2.32. The molecular formula is C31H43N3O3. The molecule has 1 aliphatic rings. The zero-order valence-electron chi connectivity index (χ0n) is 23.3. The Labute approximate surface area is 222 Å². The van der Waals surface area contributed by atoms with E-state index in [0.29, 0.717) is 0 Å². The van der Waals surface area contributed by atoms with E-state index in [9.17, 15) is 14.4 Å². The van der Waals surface area contributed by atoms with Crippen molar-refractivity contribution < 1.29 is 14.4 Å². The van der Waals surface area contributed by atoms with Crippen molar-refractivity contribution >= 4 is 17.7 Å². The summed E-state index contributed by atoms with van der Waals surface area (Å²) in [5.74, 6) is -0.932. The molecule has 1 unspecified atom stereocenters. The fraction of sp³-hybridized carbons (Fsp3) is 0.516. The van der Waals surface area contributed by atoms with Crippen molar-refractivity contribution in [3.8, 4) is 0 Å². The molecule has 0 aromatic heterocycles. The van der Waals surface area contributed by atoms with Gasteiger partial charge in [0.15, 0.2) is 0 Å². The van der Waals surface area contributed by atoms with Gasteiger partial charge in [-0.3, -0.25) is 14.4 Å². The van der Waals surface area contributed by atoms with E-state index in [1.165, 1.54) is 6.42 Å². The molecule has 3 amide bonds. The van der Waals surface area contributed by atoms with Crippen molar-refractivity contribution in [1.82, 2.24) is 15.5 Å². The van der Waals surface area contributed by atoms with E-state index in [4.69, 9.17) is 0 Å². The van der Waals surface area contributed by atoms with Crippen molar-refractivity contribution in [2.75, 3.05) is 0 Å². The average Bonchev–Trinajstić information content (AvgIpc) is 2.84. The third-order valence-corrected chi connectivity index (χ3v) is 7.04. The first-order chi connectivity index (χ1) is 17.4. The number of carbonyl (C=O) groups is 3. The van der Waals surface area contributed by atoms with Crippen LogP contribution in [-0.2, 0) is 20.9 Å². The first-order valence-corrected chi connectivity index (χ1v) is 13.4. The Morgan fingerprint density at radius 2 is 1.49 bits per heavy atom. The molecule has 0 aliphatic heterocycles. The van der Waals surface area contributed by atoms with E-state index < -0.39 is 17.0 Å². The predicted molar refractivity (Wildman–Crippen MR) is 148 cm³/mol. The van der Waals surface area contributed by atoms with Gasteiger partial charge in [-0.05, 0) is 71.1 Å². The molecule has 2 aromatic rings.